The maximum Gasteiger partial charge on any atom is 0.150 e. The predicted molar refractivity (Wildman–Crippen MR) is 39.0 cm³/mol. The molecule has 62 valence electrons. The van der Waals surface area contributed by atoms with Crippen LogP contribution in [0.1, 0.15) is 12.8 Å². The zero-order chi connectivity index (χ0) is 8.01. The number of halogens is 1. The minimum Gasteiger partial charge on any atom is -0.298 e. The minimum atomic E-state index is -0.301. The highest BCUT2D eigenvalue weighted by Gasteiger charge is 2.48. The van der Waals surface area contributed by atoms with E-state index in [0.29, 0.717) is 18.1 Å². The largest absolute Gasteiger partial charge is 0.298 e. The normalized spacial score (nSPS) is 43.8. The fourth-order valence-corrected chi connectivity index (χ4v) is 2.38. The van der Waals surface area contributed by atoms with Gasteiger partial charge in [-0.3, -0.25) is 9.69 Å². The quantitative estimate of drug-likeness (QED) is 0.556. The molecule has 2 fully saturated rings. The Kier molecular flexibility index (Phi) is 1.49. The molecule has 2 aliphatic rings. The van der Waals surface area contributed by atoms with Gasteiger partial charge in [0.15, 0.2) is 0 Å². The molecule has 0 radical (unpaired) electrons. The van der Waals surface area contributed by atoms with E-state index in [-0.39, 0.29) is 18.8 Å². The summed E-state index contributed by atoms with van der Waals surface area (Å²) >= 11 is 0. The van der Waals surface area contributed by atoms with Crippen molar-refractivity contribution < 1.29 is 9.18 Å². The summed E-state index contributed by atoms with van der Waals surface area (Å²) in [5.74, 6) is 0.615. The topological polar surface area (TPSA) is 20.3 Å². The molecule has 1 aliphatic carbocycles. The van der Waals surface area contributed by atoms with Crippen LogP contribution in [0.25, 0.3) is 0 Å². The molecule has 1 saturated carbocycles. The number of fused-ring (bicyclic) bond motifs is 2. The SMILES string of the molecule is CN1C2CC(CC2=O)C1CF. The highest BCUT2D eigenvalue weighted by Crippen LogP contribution is 2.39. The van der Waals surface area contributed by atoms with E-state index in [1.165, 1.54) is 0 Å². The molecule has 3 unspecified atom stereocenters. The molecular formula is C8H12FNO. The number of Topliss-reactive ketones (excluding diaryl/α,β-unsaturated/α-hetero) is 1. The van der Waals surface area contributed by atoms with E-state index < -0.39 is 0 Å². The summed E-state index contributed by atoms with van der Waals surface area (Å²) in [4.78, 5) is 13.0. The van der Waals surface area contributed by atoms with Crippen molar-refractivity contribution in [3.05, 3.63) is 0 Å². The lowest BCUT2D eigenvalue weighted by atomic mass is 10.00. The van der Waals surface area contributed by atoms with Crippen LogP contribution in [0.3, 0.4) is 0 Å². The van der Waals surface area contributed by atoms with Gasteiger partial charge in [-0.05, 0) is 19.4 Å². The maximum absolute atomic E-state index is 12.4. The third kappa shape index (κ3) is 0.836. The molecule has 0 aromatic rings. The maximum atomic E-state index is 12.4. The number of carbonyl (C=O) groups is 1. The van der Waals surface area contributed by atoms with Gasteiger partial charge >= 0.3 is 0 Å². The Morgan fingerprint density at radius 3 is 2.91 bits per heavy atom. The smallest absolute Gasteiger partial charge is 0.150 e. The number of rotatable bonds is 1. The Hall–Kier alpha value is -0.440. The molecule has 3 heteroatoms. The summed E-state index contributed by atoms with van der Waals surface area (Å²) < 4.78 is 12.4. The van der Waals surface area contributed by atoms with Gasteiger partial charge in [0.05, 0.1) is 6.04 Å². The highest BCUT2D eigenvalue weighted by atomic mass is 19.1. The van der Waals surface area contributed by atoms with Gasteiger partial charge in [-0.25, -0.2) is 4.39 Å². The Morgan fingerprint density at radius 1 is 1.73 bits per heavy atom. The average molecular weight is 157 g/mol. The predicted octanol–water partition coefficient (Wildman–Crippen LogP) is 0.618. The molecule has 11 heavy (non-hydrogen) atoms. The molecule has 2 nitrogen and oxygen atoms in total. The highest BCUT2D eigenvalue weighted by molar-refractivity contribution is 5.87. The van der Waals surface area contributed by atoms with Crippen molar-refractivity contribution in [3.8, 4) is 0 Å². The first-order chi connectivity index (χ1) is 5.24. The van der Waals surface area contributed by atoms with Crippen LogP contribution in [0, 0.1) is 5.92 Å². The van der Waals surface area contributed by atoms with Crippen LogP contribution in [0.2, 0.25) is 0 Å². The van der Waals surface area contributed by atoms with E-state index in [2.05, 4.69) is 0 Å². The molecular weight excluding hydrogens is 145 g/mol. The number of piperidine rings is 1. The molecule has 1 aliphatic heterocycles. The van der Waals surface area contributed by atoms with Crippen LogP contribution >= 0.6 is 0 Å². The lowest BCUT2D eigenvalue weighted by molar-refractivity contribution is -0.124. The van der Waals surface area contributed by atoms with Crippen LogP contribution in [0.5, 0.6) is 0 Å². The van der Waals surface area contributed by atoms with E-state index in [9.17, 15) is 9.18 Å². The molecule has 0 spiro atoms. The average Bonchev–Trinajstić information content (AvgIpc) is 2.44. The Morgan fingerprint density at radius 2 is 2.45 bits per heavy atom. The third-order valence-electron chi connectivity index (χ3n) is 3.08. The van der Waals surface area contributed by atoms with Gasteiger partial charge in [0.25, 0.3) is 0 Å². The van der Waals surface area contributed by atoms with Gasteiger partial charge in [-0.1, -0.05) is 0 Å². The van der Waals surface area contributed by atoms with Crippen molar-refractivity contribution in [1.29, 1.82) is 0 Å². The van der Waals surface area contributed by atoms with E-state index in [1.54, 1.807) is 0 Å². The van der Waals surface area contributed by atoms with Crippen LogP contribution in [-0.2, 0) is 4.79 Å². The second-order valence-corrected chi connectivity index (χ2v) is 3.57. The fourth-order valence-electron chi connectivity index (χ4n) is 2.38. The summed E-state index contributed by atoms with van der Waals surface area (Å²) in [6, 6.07) is 0.0680. The first-order valence-electron chi connectivity index (χ1n) is 4.04. The van der Waals surface area contributed by atoms with Crippen molar-refractivity contribution in [2.45, 2.75) is 24.9 Å². The molecule has 0 amide bonds. The number of alkyl halides is 1. The Balaban J connectivity index is 2.17. The summed E-state index contributed by atoms with van der Waals surface area (Å²) in [6.07, 6.45) is 1.51. The number of hydrogen-bond donors (Lipinski definition) is 0. The van der Waals surface area contributed by atoms with Crippen molar-refractivity contribution >= 4 is 5.78 Å². The van der Waals surface area contributed by atoms with Gasteiger partial charge in [0.1, 0.15) is 12.5 Å². The Bertz CT molecular complexity index is 193. The van der Waals surface area contributed by atoms with Gasteiger partial charge < -0.3 is 0 Å². The van der Waals surface area contributed by atoms with Crippen LogP contribution in [-0.4, -0.2) is 36.5 Å². The van der Waals surface area contributed by atoms with E-state index in [1.807, 2.05) is 11.9 Å². The molecule has 0 N–H and O–H groups in total. The van der Waals surface area contributed by atoms with Gasteiger partial charge in [0, 0.05) is 12.5 Å². The molecule has 2 rings (SSSR count). The summed E-state index contributed by atoms with van der Waals surface area (Å²) in [6.45, 7) is -0.301. The summed E-state index contributed by atoms with van der Waals surface area (Å²) in [5, 5.41) is 0. The fraction of sp³-hybridized carbons (Fsp3) is 0.875. The van der Waals surface area contributed by atoms with Crippen LogP contribution in [0.15, 0.2) is 0 Å². The monoisotopic (exact) mass is 157 g/mol. The standard InChI is InChI=1S/C8H12FNO/c1-10-6-2-5(3-8(6)11)7(10)4-9/h5-7H,2-4H2,1H3. The van der Waals surface area contributed by atoms with Crippen LogP contribution < -0.4 is 0 Å². The number of likely N-dealkylation sites (tertiary alicyclic amines) is 1. The molecule has 2 bridgehead atoms. The lowest BCUT2D eigenvalue weighted by Crippen LogP contribution is -2.43. The van der Waals surface area contributed by atoms with E-state index in [0.717, 1.165) is 6.42 Å². The van der Waals surface area contributed by atoms with E-state index in [4.69, 9.17) is 0 Å². The molecule has 1 saturated heterocycles. The number of nitrogens with zero attached hydrogens (tertiary/aromatic N) is 1. The molecule has 1 heterocycles. The first kappa shape index (κ1) is 7.22. The van der Waals surface area contributed by atoms with Crippen molar-refractivity contribution in [2.24, 2.45) is 5.92 Å². The number of ketones is 1. The second kappa shape index (κ2) is 2.27. The van der Waals surface area contributed by atoms with Gasteiger partial charge in [-0.15, -0.1) is 0 Å². The minimum absolute atomic E-state index is 0.0256. The lowest BCUT2D eigenvalue weighted by Gasteiger charge is -2.28. The van der Waals surface area contributed by atoms with Crippen molar-refractivity contribution in [2.75, 3.05) is 13.7 Å². The Labute approximate surface area is 65.4 Å². The van der Waals surface area contributed by atoms with Crippen LogP contribution in [0.4, 0.5) is 4.39 Å². The first-order valence-corrected chi connectivity index (χ1v) is 4.04. The molecule has 3 atom stereocenters. The zero-order valence-corrected chi connectivity index (χ0v) is 6.59. The number of likely N-dealkylation sites (N-methyl/N-ethyl adjacent to an activating group) is 1. The van der Waals surface area contributed by atoms with E-state index >= 15 is 0 Å². The summed E-state index contributed by atoms with van der Waals surface area (Å²) in [7, 11) is 1.85. The zero-order valence-electron chi connectivity index (χ0n) is 6.59. The van der Waals surface area contributed by atoms with Crippen molar-refractivity contribution in [3.63, 3.8) is 0 Å². The second-order valence-electron chi connectivity index (χ2n) is 3.57. The number of carbonyl (C=O) groups excluding carboxylic acids is 1. The van der Waals surface area contributed by atoms with Gasteiger partial charge in [-0.2, -0.15) is 0 Å². The number of hydrogen-bond acceptors (Lipinski definition) is 2. The summed E-state index contributed by atoms with van der Waals surface area (Å²) in [5.41, 5.74) is 0. The van der Waals surface area contributed by atoms with Crippen molar-refractivity contribution in [1.82, 2.24) is 4.90 Å². The van der Waals surface area contributed by atoms with Gasteiger partial charge in [0.2, 0.25) is 0 Å². The molecule has 0 aromatic carbocycles. The molecule has 0 aromatic heterocycles. The third-order valence-corrected chi connectivity index (χ3v) is 3.08.